The third-order valence-corrected chi connectivity index (χ3v) is 2.67. The number of hydrogen-bond acceptors (Lipinski definition) is 6. The first-order valence-electron chi connectivity index (χ1n) is 6.35. The zero-order valence-corrected chi connectivity index (χ0v) is 11.7. The largest absolute Gasteiger partial charge is 0.467 e. The lowest BCUT2D eigenvalue weighted by atomic mass is 10.2. The minimum atomic E-state index is -0.691. The van der Waals surface area contributed by atoms with Gasteiger partial charge in [0.05, 0.1) is 24.2 Å². The van der Waals surface area contributed by atoms with Crippen molar-refractivity contribution >= 4 is 11.9 Å². The van der Waals surface area contributed by atoms with E-state index in [2.05, 4.69) is 15.3 Å². The van der Waals surface area contributed by atoms with Gasteiger partial charge in [-0.2, -0.15) is 0 Å². The molecule has 110 valence electrons. The quantitative estimate of drug-likeness (QED) is 0.836. The number of hydrogen-bond donors (Lipinski definition) is 1. The standard InChI is InChI=1S/C14H15N3O4/c1-9-6-16-11(7-15-9)14(19)21-8-13(18)17-10(2)12-4-3-5-20-12/h3-7,10H,8H2,1-2H3,(H,17,18)/t10-/m1/s1. The molecule has 0 bridgehead atoms. The minimum absolute atomic E-state index is 0.0625. The summed E-state index contributed by atoms with van der Waals surface area (Å²) in [5.41, 5.74) is 0.754. The first-order valence-corrected chi connectivity index (χ1v) is 6.35. The van der Waals surface area contributed by atoms with E-state index in [1.54, 1.807) is 26.0 Å². The van der Waals surface area contributed by atoms with Crippen LogP contribution in [0.1, 0.15) is 34.9 Å². The molecular weight excluding hydrogens is 274 g/mol. The van der Waals surface area contributed by atoms with E-state index in [-0.39, 0.29) is 18.3 Å². The Kier molecular flexibility index (Phi) is 4.65. The fourth-order valence-corrected chi connectivity index (χ4v) is 1.59. The van der Waals surface area contributed by atoms with Crippen LogP contribution in [0.25, 0.3) is 0 Å². The summed E-state index contributed by atoms with van der Waals surface area (Å²) in [6.45, 7) is 3.13. The summed E-state index contributed by atoms with van der Waals surface area (Å²) in [5.74, 6) is -0.491. The maximum Gasteiger partial charge on any atom is 0.359 e. The summed E-state index contributed by atoms with van der Waals surface area (Å²) in [5, 5.41) is 2.65. The molecule has 0 aliphatic heterocycles. The number of nitrogens with one attached hydrogen (secondary N) is 1. The summed E-state index contributed by atoms with van der Waals surface area (Å²) in [6.07, 6.45) is 4.28. The molecule has 0 unspecified atom stereocenters. The Morgan fingerprint density at radius 1 is 1.38 bits per heavy atom. The first-order chi connectivity index (χ1) is 10.1. The fraction of sp³-hybridized carbons (Fsp3) is 0.286. The van der Waals surface area contributed by atoms with Gasteiger partial charge in [-0.25, -0.2) is 9.78 Å². The van der Waals surface area contributed by atoms with Gasteiger partial charge in [0.25, 0.3) is 5.91 Å². The van der Waals surface area contributed by atoms with Crippen molar-refractivity contribution in [2.75, 3.05) is 6.61 Å². The highest BCUT2D eigenvalue weighted by atomic mass is 16.5. The molecule has 2 rings (SSSR count). The molecule has 2 aromatic rings. The first kappa shape index (κ1) is 14.7. The molecule has 7 heteroatoms. The lowest BCUT2D eigenvalue weighted by Crippen LogP contribution is -2.31. The van der Waals surface area contributed by atoms with Crippen molar-refractivity contribution in [3.8, 4) is 0 Å². The number of amides is 1. The number of ether oxygens (including phenoxy) is 1. The second kappa shape index (κ2) is 6.65. The van der Waals surface area contributed by atoms with Crippen LogP contribution in [0.4, 0.5) is 0 Å². The fourth-order valence-electron chi connectivity index (χ4n) is 1.59. The summed E-state index contributed by atoms with van der Waals surface area (Å²) >= 11 is 0. The molecule has 0 aromatic carbocycles. The van der Waals surface area contributed by atoms with Gasteiger partial charge in [0, 0.05) is 6.20 Å². The third kappa shape index (κ3) is 4.13. The van der Waals surface area contributed by atoms with Crippen molar-refractivity contribution in [1.29, 1.82) is 0 Å². The molecule has 0 aliphatic rings. The van der Waals surface area contributed by atoms with Gasteiger partial charge in [0.1, 0.15) is 5.76 Å². The zero-order valence-electron chi connectivity index (χ0n) is 11.7. The minimum Gasteiger partial charge on any atom is -0.467 e. The Morgan fingerprint density at radius 2 is 2.19 bits per heavy atom. The lowest BCUT2D eigenvalue weighted by molar-refractivity contribution is -0.125. The summed E-state index contributed by atoms with van der Waals surface area (Å²) < 4.78 is 10.0. The number of furan rings is 1. The maximum atomic E-state index is 11.7. The van der Waals surface area contributed by atoms with Crippen LogP contribution in [0.5, 0.6) is 0 Å². The second-order valence-electron chi connectivity index (χ2n) is 4.42. The van der Waals surface area contributed by atoms with Gasteiger partial charge >= 0.3 is 5.97 Å². The summed E-state index contributed by atoms with van der Waals surface area (Å²) in [7, 11) is 0. The number of aryl methyl sites for hydroxylation is 1. The Hall–Kier alpha value is -2.70. The van der Waals surface area contributed by atoms with Gasteiger partial charge in [-0.3, -0.25) is 9.78 Å². The Balaban J connectivity index is 1.81. The molecule has 2 aromatic heterocycles. The van der Waals surface area contributed by atoms with Crippen molar-refractivity contribution in [2.45, 2.75) is 19.9 Å². The van der Waals surface area contributed by atoms with E-state index in [1.165, 1.54) is 18.7 Å². The highest BCUT2D eigenvalue weighted by Gasteiger charge is 2.15. The summed E-state index contributed by atoms with van der Waals surface area (Å²) in [4.78, 5) is 31.1. The number of esters is 1. The number of carbonyl (C=O) groups is 2. The molecule has 0 aliphatic carbocycles. The highest BCUT2D eigenvalue weighted by molar-refractivity contribution is 5.89. The smallest absolute Gasteiger partial charge is 0.359 e. The molecule has 1 amide bonds. The van der Waals surface area contributed by atoms with Gasteiger partial charge < -0.3 is 14.5 Å². The van der Waals surface area contributed by atoms with Crippen LogP contribution < -0.4 is 5.32 Å². The van der Waals surface area contributed by atoms with Crippen molar-refractivity contribution < 1.29 is 18.7 Å². The van der Waals surface area contributed by atoms with Gasteiger partial charge in [-0.15, -0.1) is 0 Å². The highest BCUT2D eigenvalue weighted by Crippen LogP contribution is 2.11. The molecule has 7 nitrogen and oxygen atoms in total. The molecule has 2 heterocycles. The molecule has 0 saturated carbocycles. The molecule has 1 atom stereocenters. The van der Waals surface area contributed by atoms with Gasteiger partial charge in [0.15, 0.2) is 12.3 Å². The van der Waals surface area contributed by atoms with Crippen LogP contribution in [-0.2, 0) is 9.53 Å². The molecule has 0 saturated heterocycles. The Morgan fingerprint density at radius 3 is 2.81 bits per heavy atom. The van der Waals surface area contributed by atoms with E-state index in [1.807, 2.05) is 0 Å². The zero-order chi connectivity index (χ0) is 15.2. The predicted octanol–water partition coefficient (Wildman–Crippen LogP) is 1.41. The number of rotatable bonds is 5. The SMILES string of the molecule is Cc1cnc(C(=O)OCC(=O)N[C@H](C)c2ccco2)cn1. The molecular formula is C14H15N3O4. The van der Waals surface area contributed by atoms with Crippen molar-refractivity contribution in [3.63, 3.8) is 0 Å². The predicted molar refractivity (Wildman–Crippen MR) is 72.3 cm³/mol. The molecule has 0 radical (unpaired) electrons. The van der Waals surface area contributed by atoms with Gasteiger partial charge in [0.2, 0.25) is 0 Å². The van der Waals surface area contributed by atoms with Gasteiger partial charge in [-0.1, -0.05) is 0 Å². The third-order valence-electron chi connectivity index (χ3n) is 2.67. The molecule has 1 N–H and O–H groups in total. The van der Waals surface area contributed by atoms with E-state index in [0.29, 0.717) is 11.5 Å². The second-order valence-corrected chi connectivity index (χ2v) is 4.42. The van der Waals surface area contributed by atoms with Crippen LogP contribution in [0.15, 0.2) is 35.2 Å². The van der Waals surface area contributed by atoms with E-state index in [0.717, 1.165) is 0 Å². The van der Waals surface area contributed by atoms with Crippen LogP contribution in [0.3, 0.4) is 0 Å². The van der Waals surface area contributed by atoms with Gasteiger partial charge in [-0.05, 0) is 26.0 Å². The van der Waals surface area contributed by atoms with Crippen LogP contribution in [0, 0.1) is 6.92 Å². The van der Waals surface area contributed by atoms with E-state index >= 15 is 0 Å². The van der Waals surface area contributed by atoms with E-state index < -0.39 is 11.9 Å². The average molecular weight is 289 g/mol. The van der Waals surface area contributed by atoms with E-state index in [4.69, 9.17) is 9.15 Å². The van der Waals surface area contributed by atoms with Crippen LogP contribution in [-0.4, -0.2) is 28.5 Å². The van der Waals surface area contributed by atoms with Crippen LogP contribution >= 0.6 is 0 Å². The molecule has 0 spiro atoms. The molecule has 0 fully saturated rings. The van der Waals surface area contributed by atoms with Crippen molar-refractivity contribution in [2.24, 2.45) is 0 Å². The number of nitrogens with zero attached hydrogens (tertiary/aromatic N) is 2. The lowest BCUT2D eigenvalue weighted by Gasteiger charge is -2.11. The number of aromatic nitrogens is 2. The van der Waals surface area contributed by atoms with E-state index in [9.17, 15) is 9.59 Å². The monoisotopic (exact) mass is 289 g/mol. The molecule has 21 heavy (non-hydrogen) atoms. The van der Waals surface area contributed by atoms with Crippen molar-refractivity contribution in [1.82, 2.24) is 15.3 Å². The van der Waals surface area contributed by atoms with Crippen molar-refractivity contribution in [3.05, 3.63) is 47.9 Å². The number of carbonyl (C=O) groups excluding carboxylic acids is 2. The average Bonchev–Trinajstić information content (AvgIpc) is 3.00. The normalized spacial score (nSPS) is 11.7. The maximum absolute atomic E-state index is 11.7. The Bertz CT molecular complexity index is 608. The summed E-state index contributed by atoms with van der Waals surface area (Å²) in [6, 6.07) is 3.18. The topological polar surface area (TPSA) is 94.3 Å². The van der Waals surface area contributed by atoms with Crippen LogP contribution in [0.2, 0.25) is 0 Å². The Labute approximate surface area is 121 Å².